The molecule has 0 bridgehead atoms. The summed E-state index contributed by atoms with van der Waals surface area (Å²) < 4.78 is 13.4. The van der Waals surface area contributed by atoms with Crippen LogP contribution < -0.4 is 5.32 Å². The molecule has 3 fully saturated rings. The number of fused-ring (bicyclic) bond motifs is 1. The van der Waals surface area contributed by atoms with E-state index in [1.165, 1.54) is 18.2 Å². The molecule has 0 unspecified atom stereocenters. The number of nitrogens with one attached hydrogen (secondary N) is 1. The molecule has 40 heavy (non-hydrogen) atoms. The van der Waals surface area contributed by atoms with Crippen molar-refractivity contribution in [2.45, 2.75) is 62.3 Å². The van der Waals surface area contributed by atoms with Gasteiger partial charge in [0.1, 0.15) is 11.4 Å². The minimum Gasteiger partial charge on any atom is -0.384 e. The van der Waals surface area contributed by atoms with E-state index in [0.717, 1.165) is 43.9 Å². The second-order valence-corrected chi connectivity index (χ2v) is 11.0. The molecule has 2 atom stereocenters. The Hall–Kier alpha value is -3.76. The van der Waals surface area contributed by atoms with E-state index in [9.17, 15) is 19.1 Å². The predicted molar refractivity (Wildman–Crippen MR) is 145 cm³/mol. The second-order valence-electron chi connectivity index (χ2n) is 11.0. The molecule has 208 valence electrons. The SMILES string of the molecule is O=C(NCC(=O)N1CC[C@H]2[C@@H]1CCN2C1CCC(O)(c2ccc(-c3ncccn3)cn2)CC1)c1cccc(F)c1. The van der Waals surface area contributed by atoms with E-state index < -0.39 is 17.3 Å². The lowest BCUT2D eigenvalue weighted by molar-refractivity contribution is -0.130. The van der Waals surface area contributed by atoms with E-state index in [-0.39, 0.29) is 24.1 Å². The lowest BCUT2D eigenvalue weighted by Crippen LogP contribution is -2.47. The van der Waals surface area contributed by atoms with Crippen LogP contribution in [-0.4, -0.2) is 79.4 Å². The van der Waals surface area contributed by atoms with Gasteiger partial charge in [-0.2, -0.15) is 0 Å². The molecule has 3 aliphatic rings. The third-order valence-corrected chi connectivity index (χ3v) is 8.74. The third kappa shape index (κ3) is 5.21. The summed E-state index contributed by atoms with van der Waals surface area (Å²) in [5.74, 6) is -0.434. The van der Waals surface area contributed by atoms with Gasteiger partial charge in [-0.05, 0) is 74.9 Å². The largest absolute Gasteiger partial charge is 0.384 e. The van der Waals surface area contributed by atoms with Gasteiger partial charge in [0.2, 0.25) is 5.91 Å². The zero-order valence-corrected chi connectivity index (χ0v) is 22.2. The topological polar surface area (TPSA) is 112 Å². The van der Waals surface area contributed by atoms with Gasteiger partial charge in [-0.15, -0.1) is 0 Å². The number of halogens is 1. The summed E-state index contributed by atoms with van der Waals surface area (Å²) in [4.78, 5) is 42.9. The number of nitrogens with zero attached hydrogens (tertiary/aromatic N) is 5. The monoisotopic (exact) mass is 544 g/mol. The standard InChI is InChI=1S/C30H33FN6O3/c31-22-4-1-3-20(17-22)29(39)35-19-27(38)37-16-10-24-25(37)9-15-36(24)23-7-11-30(40,12-8-23)26-6-5-21(18-34-26)28-32-13-2-14-33-28/h1-6,13-14,17-18,23-25,40H,7-12,15-16,19H2,(H,35,39)/t23?,24-,25-,30?/m0/s1. The number of likely N-dealkylation sites (tertiary alicyclic amines) is 2. The van der Waals surface area contributed by atoms with Gasteiger partial charge < -0.3 is 15.3 Å². The maximum atomic E-state index is 13.4. The number of rotatable bonds is 6. The minimum absolute atomic E-state index is 0.1000. The lowest BCUT2D eigenvalue weighted by atomic mass is 9.79. The Labute approximate surface area is 232 Å². The number of aliphatic hydroxyl groups is 1. The van der Waals surface area contributed by atoms with Crippen LogP contribution in [0.25, 0.3) is 11.4 Å². The first kappa shape index (κ1) is 26.5. The first-order chi connectivity index (χ1) is 19.4. The van der Waals surface area contributed by atoms with Crippen LogP contribution in [0.3, 0.4) is 0 Å². The van der Waals surface area contributed by atoms with Crippen molar-refractivity contribution in [3.63, 3.8) is 0 Å². The Bertz CT molecular complexity index is 1360. The van der Waals surface area contributed by atoms with Gasteiger partial charge in [0.15, 0.2) is 5.82 Å². The highest BCUT2D eigenvalue weighted by Crippen LogP contribution is 2.42. The van der Waals surface area contributed by atoms with Crippen molar-refractivity contribution in [2.24, 2.45) is 0 Å². The quantitative estimate of drug-likeness (QED) is 0.491. The summed E-state index contributed by atoms with van der Waals surface area (Å²) in [6.07, 6.45) is 9.92. The smallest absolute Gasteiger partial charge is 0.251 e. The third-order valence-electron chi connectivity index (χ3n) is 8.74. The molecule has 2 amide bonds. The Balaban J connectivity index is 1.02. The molecule has 0 radical (unpaired) electrons. The summed E-state index contributed by atoms with van der Waals surface area (Å²) in [5.41, 5.74) is 0.748. The number of carbonyl (C=O) groups is 2. The summed E-state index contributed by atoms with van der Waals surface area (Å²) in [5, 5.41) is 14.1. The zero-order valence-electron chi connectivity index (χ0n) is 22.2. The van der Waals surface area contributed by atoms with E-state index in [1.54, 1.807) is 24.7 Å². The maximum absolute atomic E-state index is 13.4. The molecule has 3 aromatic rings. The van der Waals surface area contributed by atoms with Crippen LogP contribution in [0.2, 0.25) is 0 Å². The molecule has 2 aromatic heterocycles. The van der Waals surface area contributed by atoms with Crippen LogP contribution >= 0.6 is 0 Å². The highest BCUT2D eigenvalue weighted by Gasteiger charge is 2.48. The number of amides is 2. The first-order valence-corrected chi connectivity index (χ1v) is 14.0. The molecule has 9 nitrogen and oxygen atoms in total. The van der Waals surface area contributed by atoms with Crippen LogP contribution in [-0.2, 0) is 10.4 Å². The van der Waals surface area contributed by atoms with Crippen LogP contribution in [0.1, 0.15) is 54.6 Å². The molecule has 10 heteroatoms. The predicted octanol–water partition coefficient (Wildman–Crippen LogP) is 2.91. The van der Waals surface area contributed by atoms with Gasteiger partial charge in [-0.1, -0.05) is 6.07 Å². The number of pyridine rings is 1. The maximum Gasteiger partial charge on any atom is 0.251 e. The molecule has 1 aliphatic carbocycles. The molecule has 4 heterocycles. The van der Waals surface area contributed by atoms with Gasteiger partial charge in [0.25, 0.3) is 5.91 Å². The number of aromatic nitrogens is 3. The first-order valence-electron chi connectivity index (χ1n) is 14.0. The molecule has 2 aliphatic heterocycles. The number of benzene rings is 1. The van der Waals surface area contributed by atoms with Crippen LogP contribution in [0.15, 0.2) is 61.1 Å². The molecule has 2 saturated heterocycles. The Morgan fingerprint density at radius 2 is 1.75 bits per heavy atom. The normalized spacial score (nSPS) is 26.4. The van der Waals surface area contributed by atoms with E-state index in [4.69, 9.17) is 0 Å². The lowest BCUT2D eigenvalue weighted by Gasteiger charge is -2.41. The molecule has 1 aromatic carbocycles. The van der Waals surface area contributed by atoms with Crippen molar-refractivity contribution >= 4 is 11.8 Å². The molecular formula is C30H33FN6O3. The zero-order chi connectivity index (χ0) is 27.7. The summed E-state index contributed by atoms with van der Waals surface area (Å²) in [6, 6.07) is 11.8. The van der Waals surface area contributed by atoms with Crippen LogP contribution in [0.5, 0.6) is 0 Å². The fourth-order valence-electron chi connectivity index (χ4n) is 6.69. The highest BCUT2D eigenvalue weighted by atomic mass is 19.1. The Morgan fingerprint density at radius 1 is 0.975 bits per heavy atom. The van der Waals surface area contributed by atoms with Gasteiger partial charge >= 0.3 is 0 Å². The summed E-state index contributed by atoms with van der Waals surface area (Å²) >= 11 is 0. The number of hydrogen-bond donors (Lipinski definition) is 2. The average molecular weight is 545 g/mol. The van der Waals surface area contributed by atoms with E-state index in [0.29, 0.717) is 43.0 Å². The van der Waals surface area contributed by atoms with Crippen molar-refractivity contribution in [1.29, 1.82) is 0 Å². The van der Waals surface area contributed by atoms with Crippen LogP contribution in [0.4, 0.5) is 4.39 Å². The van der Waals surface area contributed by atoms with E-state index in [1.807, 2.05) is 17.0 Å². The molecule has 0 spiro atoms. The van der Waals surface area contributed by atoms with Gasteiger partial charge in [0, 0.05) is 60.9 Å². The Morgan fingerprint density at radius 3 is 2.48 bits per heavy atom. The van der Waals surface area contributed by atoms with Crippen molar-refractivity contribution in [2.75, 3.05) is 19.6 Å². The summed E-state index contributed by atoms with van der Waals surface area (Å²) in [6.45, 7) is 1.48. The van der Waals surface area contributed by atoms with E-state index >= 15 is 0 Å². The fraction of sp³-hybridized carbons (Fsp3) is 0.433. The van der Waals surface area contributed by atoms with Crippen molar-refractivity contribution in [1.82, 2.24) is 30.1 Å². The van der Waals surface area contributed by atoms with E-state index in [2.05, 4.69) is 25.2 Å². The van der Waals surface area contributed by atoms with Gasteiger partial charge in [-0.25, -0.2) is 14.4 Å². The molecule has 2 N–H and O–H groups in total. The highest BCUT2D eigenvalue weighted by molar-refractivity contribution is 5.96. The molecule has 1 saturated carbocycles. The number of carbonyl (C=O) groups excluding carboxylic acids is 2. The van der Waals surface area contributed by atoms with Gasteiger partial charge in [-0.3, -0.25) is 19.5 Å². The molecule has 6 rings (SSSR count). The molecular weight excluding hydrogens is 511 g/mol. The summed E-state index contributed by atoms with van der Waals surface area (Å²) in [7, 11) is 0. The second kappa shape index (κ2) is 11.0. The minimum atomic E-state index is -0.955. The van der Waals surface area contributed by atoms with Gasteiger partial charge in [0.05, 0.1) is 12.2 Å². The van der Waals surface area contributed by atoms with Crippen molar-refractivity contribution in [3.8, 4) is 11.4 Å². The average Bonchev–Trinajstić information content (AvgIpc) is 3.60. The fourth-order valence-corrected chi connectivity index (χ4v) is 6.69. The van der Waals surface area contributed by atoms with Crippen molar-refractivity contribution in [3.05, 3.63) is 78.1 Å². The van der Waals surface area contributed by atoms with Crippen molar-refractivity contribution < 1.29 is 19.1 Å². The number of hydrogen-bond acceptors (Lipinski definition) is 7. The Kier molecular flexibility index (Phi) is 7.29. The van der Waals surface area contributed by atoms with Crippen LogP contribution in [0, 0.1) is 5.82 Å².